The topological polar surface area (TPSA) is 35.8 Å². The van der Waals surface area contributed by atoms with Crippen LogP contribution < -0.4 is 5.32 Å². The van der Waals surface area contributed by atoms with Crippen LogP contribution in [0.25, 0.3) is 0 Å². The van der Waals surface area contributed by atoms with Crippen molar-refractivity contribution in [1.29, 1.82) is 5.26 Å². The number of hydrogen-bond donors (Lipinski definition) is 1. The van der Waals surface area contributed by atoms with E-state index in [1.807, 2.05) is 24.3 Å². The quantitative estimate of drug-likeness (QED) is 0.788. The zero-order valence-electron chi connectivity index (χ0n) is 8.75. The Kier molecular flexibility index (Phi) is 4.00. The Balaban J connectivity index is 2.47. The number of nitriles is 1. The molecule has 0 saturated carbocycles. The van der Waals surface area contributed by atoms with Gasteiger partial charge in [-0.1, -0.05) is 19.9 Å². The highest BCUT2D eigenvalue weighted by molar-refractivity contribution is 5.48. The maximum absolute atomic E-state index is 8.70. The first kappa shape index (κ1) is 10.6. The Hall–Kier alpha value is -1.49. The second-order valence-electron chi connectivity index (χ2n) is 3.80. The van der Waals surface area contributed by atoms with Gasteiger partial charge in [0.2, 0.25) is 0 Å². The molecule has 0 aliphatic carbocycles. The molecule has 0 aromatic heterocycles. The van der Waals surface area contributed by atoms with Gasteiger partial charge in [-0.25, -0.2) is 0 Å². The van der Waals surface area contributed by atoms with Crippen LogP contribution in [-0.2, 0) is 0 Å². The molecule has 0 atom stereocenters. The highest BCUT2D eigenvalue weighted by Crippen LogP contribution is 2.10. The van der Waals surface area contributed by atoms with Crippen molar-refractivity contribution in [3.63, 3.8) is 0 Å². The lowest BCUT2D eigenvalue weighted by molar-refractivity contribution is 0.607. The molecule has 2 heteroatoms. The summed E-state index contributed by atoms with van der Waals surface area (Å²) in [6, 6.07) is 9.70. The van der Waals surface area contributed by atoms with Gasteiger partial charge < -0.3 is 5.32 Å². The van der Waals surface area contributed by atoms with Crippen molar-refractivity contribution in [2.45, 2.75) is 20.3 Å². The minimum Gasteiger partial charge on any atom is -0.385 e. The van der Waals surface area contributed by atoms with Crippen LogP contribution >= 0.6 is 0 Å². The highest BCUT2D eigenvalue weighted by Gasteiger charge is 1.95. The second-order valence-corrected chi connectivity index (χ2v) is 3.80. The second kappa shape index (κ2) is 5.29. The Labute approximate surface area is 85.6 Å². The van der Waals surface area contributed by atoms with Crippen LogP contribution in [0.15, 0.2) is 24.3 Å². The third kappa shape index (κ3) is 3.49. The Bertz CT molecular complexity index is 323. The molecular weight excluding hydrogens is 172 g/mol. The molecule has 1 aromatic rings. The van der Waals surface area contributed by atoms with E-state index in [0.717, 1.165) is 18.7 Å². The smallest absolute Gasteiger partial charge is 0.0992 e. The van der Waals surface area contributed by atoms with Gasteiger partial charge in [0.15, 0.2) is 0 Å². The van der Waals surface area contributed by atoms with Crippen LogP contribution in [0.3, 0.4) is 0 Å². The average Bonchev–Trinajstić information content (AvgIpc) is 2.18. The molecule has 0 saturated heterocycles. The van der Waals surface area contributed by atoms with Crippen molar-refractivity contribution < 1.29 is 0 Å². The van der Waals surface area contributed by atoms with Crippen molar-refractivity contribution in [1.82, 2.24) is 0 Å². The molecule has 14 heavy (non-hydrogen) atoms. The number of hydrogen-bond acceptors (Lipinski definition) is 2. The van der Waals surface area contributed by atoms with Gasteiger partial charge in [-0.2, -0.15) is 5.26 Å². The van der Waals surface area contributed by atoms with Gasteiger partial charge in [-0.05, 0) is 30.5 Å². The Morgan fingerprint density at radius 1 is 1.43 bits per heavy atom. The Morgan fingerprint density at radius 2 is 2.21 bits per heavy atom. The third-order valence-corrected chi connectivity index (χ3v) is 2.04. The summed E-state index contributed by atoms with van der Waals surface area (Å²) in [5, 5.41) is 12.0. The molecule has 0 spiro atoms. The van der Waals surface area contributed by atoms with Crippen molar-refractivity contribution >= 4 is 5.69 Å². The number of nitrogens with one attached hydrogen (secondary N) is 1. The normalized spacial score (nSPS) is 9.86. The van der Waals surface area contributed by atoms with Gasteiger partial charge in [-0.3, -0.25) is 0 Å². The van der Waals surface area contributed by atoms with Crippen LogP contribution in [-0.4, -0.2) is 6.54 Å². The fourth-order valence-corrected chi connectivity index (χ4v) is 1.20. The largest absolute Gasteiger partial charge is 0.385 e. The molecule has 1 aromatic carbocycles. The van der Waals surface area contributed by atoms with E-state index in [0.29, 0.717) is 11.5 Å². The summed E-state index contributed by atoms with van der Waals surface area (Å²) in [6.45, 7) is 5.37. The molecule has 1 N–H and O–H groups in total. The lowest BCUT2D eigenvalue weighted by atomic mass is 10.1. The van der Waals surface area contributed by atoms with Crippen LogP contribution in [0.1, 0.15) is 25.8 Å². The van der Waals surface area contributed by atoms with Gasteiger partial charge in [0, 0.05) is 12.2 Å². The van der Waals surface area contributed by atoms with Crippen molar-refractivity contribution in [2.75, 3.05) is 11.9 Å². The summed E-state index contributed by atoms with van der Waals surface area (Å²) in [5.74, 6) is 0.710. The molecule has 0 fully saturated rings. The lowest BCUT2D eigenvalue weighted by Gasteiger charge is -2.08. The van der Waals surface area contributed by atoms with Crippen LogP contribution in [0.5, 0.6) is 0 Å². The summed E-state index contributed by atoms with van der Waals surface area (Å²) in [6.07, 6.45) is 1.15. The fraction of sp³-hybridized carbons (Fsp3) is 0.417. The molecule has 2 nitrogen and oxygen atoms in total. The predicted octanol–water partition coefficient (Wildman–Crippen LogP) is 3.02. The van der Waals surface area contributed by atoms with Crippen LogP contribution in [0, 0.1) is 17.2 Å². The third-order valence-electron chi connectivity index (χ3n) is 2.04. The molecule has 0 aliphatic heterocycles. The van der Waals surface area contributed by atoms with Crippen LogP contribution in [0.4, 0.5) is 5.69 Å². The average molecular weight is 188 g/mol. The summed E-state index contributed by atoms with van der Waals surface area (Å²) in [5.41, 5.74) is 1.74. The van der Waals surface area contributed by atoms with E-state index in [9.17, 15) is 0 Å². The summed E-state index contributed by atoms with van der Waals surface area (Å²) in [7, 11) is 0. The van der Waals surface area contributed by atoms with Crippen molar-refractivity contribution in [3.8, 4) is 6.07 Å². The van der Waals surface area contributed by atoms with Crippen LogP contribution in [0.2, 0.25) is 0 Å². The standard InChI is InChI=1S/C12H16N2/c1-10(2)6-7-14-12-5-3-4-11(8-12)9-13/h3-5,8,10,14H,6-7H2,1-2H3. The number of benzene rings is 1. The maximum atomic E-state index is 8.70. The number of anilines is 1. The molecular formula is C12H16N2. The van der Waals surface area contributed by atoms with Crippen molar-refractivity contribution in [3.05, 3.63) is 29.8 Å². The minimum absolute atomic E-state index is 0.708. The maximum Gasteiger partial charge on any atom is 0.0992 e. The van der Waals surface area contributed by atoms with Gasteiger partial charge in [0.1, 0.15) is 0 Å². The molecule has 0 amide bonds. The number of nitrogens with zero attached hydrogens (tertiary/aromatic N) is 1. The van der Waals surface area contributed by atoms with E-state index in [-0.39, 0.29) is 0 Å². The molecule has 0 aliphatic rings. The lowest BCUT2D eigenvalue weighted by Crippen LogP contribution is -2.04. The monoisotopic (exact) mass is 188 g/mol. The fourth-order valence-electron chi connectivity index (χ4n) is 1.20. The van der Waals surface area contributed by atoms with E-state index in [4.69, 9.17) is 5.26 Å². The van der Waals surface area contributed by atoms with E-state index in [1.54, 1.807) is 0 Å². The van der Waals surface area contributed by atoms with Gasteiger partial charge in [0.25, 0.3) is 0 Å². The molecule has 0 bridgehead atoms. The van der Waals surface area contributed by atoms with Gasteiger partial charge in [0.05, 0.1) is 11.6 Å². The number of rotatable bonds is 4. The van der Waals surface area contributed by atoms with Gasteiger partial charge in [-0.15, -0.1) is 0 Å². The SMILES string of the molecule is CC(C)CCNc1cccc(C#N)c1. The molecule has 0 radical (unpaired) electrons. The Morgan fingerprint density at radius 3 is 2.86 bits per heavy atom. The zero-order chi connectivity index (χ0) is 10.4. The zero-order valence-corrected chi connectivity index (χ0v) is 8.75. The van der Waals surface area contributed by atoms with Crippen molar-refractivity contribution in [2.24, 2.45) is 5.92 Å². The molecule has 0 unspecified atom stereocenters. The highest BCUT2D eigenvalue weighted by atomic mass is 14.9. The van der Waals surface area contributed by atoms with E-state index in [2.05, 4.69) is 25.2 Å². The summed E-state index contributed by atoms with van der Waals surface area (Å²) >= 11 is 0. The molecule has 0 heterocycles. The van der Waals surface area contributed by atoms with E-state index in [1.165, 1.54) is 0 Å². The predicted molar refractivity (Wildman–Crippen MR) is 59.1 cm³/mol. The molecule has 74 valence electrons. The minimum atomic E-state index is 0.708. The summed E-state index contributed by atoms with van der Waals surface area (Å²) < 4.78 is 0. The molecule has 1 rings (SSSR count). The van der Waals surface area contributed by atoms with E-state index >= 15 is 0 Å². The first-order chi connectivity index (χ1) is 6.72. The summed E-state index contributed by atoms with van der Waals surface area (Å²) in [4.78, 5) is 0. The first-order valence-electron chi connectivity index (χ1n) is 4.96. The first-order valence-corrected chi connectivity index (χ1v) is 4.96. The van der Waals surface area contributed by atoms with Gasteiger partial charge >= 0.3 is 0 Å². The van der Waals surface area contributed by atoms with E-state index < -0.39 is 0 Å².